The molecule has 232 valence electrons. The lowest BCUT2D eigenvalue weighted by Gasteiger charge is -2.34. The highest BCUT2D eigenvalue weighted by molar-refractivity contribution is 7.89. The third-order valence-electron chi connectivity index (χ3n) is 8.01. The molecule has 2 aliphatic rings. The van der Waals surface area contributed by atoms with Crippen molar-refractivity contribution < 1.29 is 42.7 Å². The molecule has 15 nitrogen and oxygen atoms in total. The number of hydrogen-bond acceptors (Lipinski definition) is 9. The molecule has 2 unspecified atom stereocenters. The molecule has 2 heterocycles. The van der Waals surface area contributed by atoms with E-state index >= 15 is 0 Å². The van der Waals surface area contributed by atoms with Gasteiger partial charge in [-0.25, -0.2) is 17.9 Å². The number of Topliss-reactive ketones (excluding diaryl/α,β-unsaturated/α-hetero) is 1. The standard InChI is InChI=1S/C28H29N5O10S/c1-13(2)16-8-9-18-20(12-16)43-28(38)21-17(6-5-7-19(21)33(39)40)23(34)27(18,28)32-24(35)22-14(3)15(4)25(31-22)44(41,42)30-11-10-29-26(36)37/h5-9,12-13,29-31,38H,10-11H2,1-4H3,(H,32,35)(H,36,37). The normalized spacial score (nSPS) is 20.1. The molecule has 1 aliphatic carbocycles. The molecule has 6 N–H and O–H groups in total. The zero-order chi connectivity index (χ0) is 32.4. The smallest absolute Gasteiger partial charge is 0.404 e. The fourth-order valence-electron chi connectivity index (χ4n) is 5.69. The van der Waals surface area contributed by atoms with Crippen molar-refractivity contribution in [2.24, 2.45) is 0 Å². The Morgan fingerprint density at radius 1 is 1.14 bits per heavy atom. The van der Waals surface area contributed by atoms with Crippen LogP contribution in [0.3, 0.4) is 0 Å². The lowest BCUT2D eigenvalue weighted by Crippen LogP contribution is -2.60. The number of aliphatic hydroxyl groups is 1. The Bertz CT molecular complexity index is 1870. The number of nitro groups is 1. The highest BCUT2D eigenvalue weighted by Gasteiger charge is 2.73. The number of ketones is 1. The number of rotatable bonds is 9. The van der Waals surface area contributed by atoms with E-state index < -0.39 is 55.3 Å². The first-order chi connectivity index (χ1) is 20.6. The second-order valence-corrected chi connectivity index (χ2v) is 12.6. The van der Waals surface area contributed by atoms with Crippen LogP contribution in [0.25, 0.3) is 0 Å². The van der Waals surface area contributed by atoms with E-state index in [2.05, 4.69) is 15.0 Å². The predicted molar refractivity (Wildman–Crippen MR) is 153 cm³/mol. The van der Waals surface area contributed by atoms with Crippen LogP contribution in [-0.2, 0) is 21.3 Å². The SMILES string of the molecule is Cc1c(C(=O)NC23C(=O)c4cccc([N+](=O)[O-])c4C2(O)Oc2cc(C(C)C)ccc23)[nH]c(S(=O)(=O)NCCNC(=O)O)c1C. The number of amides is 2. The van der Waals surface area contributed by atoms with Gasteiger partial charge in [0.05, 0.1) is 4.92 Å². The summed E-state index contributed by atoms with van der Waals surface area (Å²) >= 11 is 0. The molecule has 3 aromatic rings. The average molecular weight is 628 g/mol. The van der Waals surface area contributed by atoms with Gasteiger partial charge in [0.2, 0.25) is 11.3 Å². The molecule has 2 aromatic carbocycles. The Morgan fingerprint density at radius 3 is 2.48 bits per heavy atom. The number of nitrogens with zero attached hydrogens (tertiary/aromatic N) is 1. The van der Waals surface area contributed by atoms with Gasteiger partial charge in [0, 0.05) is 30.3 Å². The minimum atomic E-state index is -4.25. The van der Waals surface area contributed by atoms with Gasteiger partial charge in [-0.3, -0.25) is 19.7 Å². The number of H-pyrrole nitrogens is 1. The summed E-state index contributed by atoms with van der Waals surface area (Å²) in [5.41, 5.74) is -2.63. The van der Waals surface area contributed by atoms with Crippen molar-refractivity contribution in [3.8, 4) is 5.75 Å². The Labute approximate surface area is 250 Å². The van der Waals surface area contributed by atoms with Crippen LogP contribution in [0, 0.1) is 24.0 Å². The van der Waals surface area contributed by atoms with Gasteiger partial charge in [-0.15, -0.1) is 0 Å². The number of nitrogens with one attached hydrogen (secondary N) is 4. The summed E-state index contributed by atoms with van der Waals surface area (Å²) in [6, 6.07) is 8.48. The minimum absolute atomic E-state index is 0.0141. The molecule has 16 heteroatoms. The predicted octanol–water partition coefficient (Wildman–Crippen LogP) is 2.27. The van der Waals surface area contributed by atoms with Crippen molar-refractivity contribution >= 4 is 33.5 Å². The first-order valence-corrected chi connectivity index (χ1v) is 14.9. The highest BCUT2D eigenvalue weighted by atomic mass is 32.2. The first-order valence-electron chi connectivity index (χ1n) is 13.4. The Morgan fingerprint density at radius 2 is 1.84 bits per heavy atom. The van der Waals surface area contributed by atoms with Gasteiger partial charge in [-0.1, -0.05) is 38.1 Å². The van der Waals surface area contributed by atoms with Crippen LogP contribution in [0.1, 0.15) is 68.4 Å². The second kappa shape index (κ2) is 10.4. The summed E-state index contributed by atoms with van der Waals surface area (Å²) in [5.74, 6) is -4.52. The van der Waals surface area contributed by atoms with Crippen LogP contribution in [-0.4, -0.2) is 59.4 Å². The van der Waals surface area contributed by atoms with Crippen LogP contribution < -0.4 is 20.1 Å². The number of carbonyl (C=O) groups is 3. The van der Waals surface area contributed by atoms with Gasteiger partial charge in [0.15, 0.2) is 5.03 Å². The highest BCUT2D eigenvalue weighted by Crippen LogP contribution is 2.60. The van der Waals surface area contributed by atoms with E-state index in [1.54, 1.807) is 12.1 Å². The van der Waals surface area contributed by atoms with E-state index in [1.807, 2.05) is 19.2 Å². The number of aromatic nitrogens is 1. The topological polar surface area (TPSA) is 230 Å². The number of sulfonamides is 1. The van der Waals surface area contributed by atoms with Crippen LogP contribution in [0.5, 0.6) is 5.75 Å². The van der Waals surface area contributed by atoms with E-state index in [0.29, 0.717) is 0 Å². The quantitative estimate of drug-likeness (QED) is 0.115. The number of carboxylic acid groups (broad SMARTS) is 1. The molecule has 0 saturated carbocycles. The van der Waals surface area contributed by atoms with Gasteiger partial charge in [0.25, 0.3) is 27.4 Å². The number of benzene rings is 2. The van der Waals surface area contributed by atoms with Crippen LogP contribution in [0.2, 0.25) is 0 Å². The van der Waals surface area contributed by atoms with Gasteiger partial charge in [-0.05, 0) is 42.5 Å². The molecule has 0 fully saturated rings. The van der Waals surface area contributed by atoms with Crippen molar-refractivity contribution in [3.63, 3.8) is 0 Å². The lowest BCUT2D eigenvalue weighted by molar-refractivity contribution is -0.388. The number of carbonyl (C=O) groups excluding carboxylic acids is 2. The monoisotopic (exact) mass is 627 g/mol. The van der Waals surface area contributed by atoms with Crippen LogP contribution in [0.15, 0.2) is 41.4 Å². The Balaban J connectivity index is 1.61. The Hall–Kier alpha value is -4.80. The molecular formula is C28H29N5O10S. The maximum Gasteiger partial charge on any atom is 0.404 e. The number of aromatic amines is 1. The fraction of sp³-hybridized carbons (Fsp3) is 0.321. The number of hydrogen-bond donors (Lipinski definition) is 6. The van der Waals surface area contributed by atoms with Crippen molar-refractivity contribution in [1.29, 1.82) is 0 Å². The van der Waals surface area contributed by atoms with E-state index in [0.717, 1.165) is 11.6 Å². The summed E-state index contributed by atoms with van der Waals surface area (Å²) < 4.78 is 34.2. The van der Waals surface area contributed by atoms with Gasteiger partial charge in [-0.2, -0.15) is 0 Å². The largest absolute Gasteiger partial charge is 0.465 e. The van der Waals surface area contributed by atoms with Crippen molar-refractivity contribution in [1.82, 2.24) is 20.3 Å². The third kappa shape index (κ3) is 4.40. The molecule has 5 rings (SSSR count). The maximum atomic E-state index is 14.2. The molecule has 1 aliphatic heterocycles. The minimum Gasteiger partial charge on any atom is -0.465 e. The van der Waals surface area contributed by atoms with E-state index in [9.17, 15) is 38.0 Å². The van der Waals surface area contributed by atoms with Crippen molar-refractivity contribution in [2.75, 3.05) is 13.1 Å². The molecule has 2 atom stereocenters. The number of nitro benzene ring substituents is 1. The van der Waals surface area contributed by atoms with Crippen molar-refractivity contribution in [2.45, 2.75) is 50.0 Å². The second-order valence-electron chi connectivity index (χ2n) is 10.9. The molecule has 1 aromatic heterocycles. The maximum absolute atomic E-state index is 14.2. The van der Waals surface area contributed by atoms with Gasteiger partial charge >= 0.3 is 6.09 Å². The summed E-state index contributed by atoms with van der Waals surface area (Å²) in [5, 5.41) is 37.1. The molecular weight excluding hydrogens is 598 g/mol. The zero-order valence-corrected chi connectivity index (χ0v) is 24.8. The van der Waals surface area contributed by atoms with Crippen LogP contribution in [0.4, 0.5) is 10.5 Å². The van der Waals surface area contributed by atoms with Crippen molar-refractivity contribution in [3.05, 3.63) is 85.6 Å². The number of ether oxygens (including phenoxy) is 1. The van der Waals surface area contributed by atoms with Gasteiger partial charge < -0.3 is 30.6 Å². The summed E-state index contributed by atoms with van der Waals surface area (Å²) in [7, 11) is -4.25. The summed E-state index contributed by atoms with van der Waals surface area (Å²) in [6.45, 7) is 6.25. The molecule has 0 bridgehead atoms. The molecule has 44 heavy (non-hydrogen) atoms. The summed E-state index contributed by atoms with van der Waals surface area (Å²) in [4.78, 5) is 52.6. The molecule has 0 saturated heterocycles. The Kier molecular flexibility index (Phi) is 7.26. The molecule has 2 amide bonds. The fourth-order valence-corrected chi connectivity index (χ4v) is 7.00. The average Bonchev–Trinajstić information content (AvgIpc) is 3.47. The van der Waals surface area contributed by atoms with E-state index in [4.69, 9.17) is 9.84 Å². The van der Waals surface area contributed by atoms with E-state index in [-0.39, 0.29) is 57.7 Å². The zero-order valence-electron chi connectivity index (χ0n) is 24.0. The van der Waals surface area contributed by atoms with Crippen LogP contribution >= 0.6 is 0 Å². The molecule has 0 spiro atoms. The first kappa shape index (κ1) is 30.7. The lowest BCUT2D eigenvalue weighted by atomic mass is 9.82. The number of fused-ring (bicyclic) bond motifs is 5. The van der Waals surface area contributed by atoms with Gasteiger partial charge in [0.1, 0.15) is 17.0 Å². The summed E-state index contributed by atoms with van der Waals surface area (Å²) in [6.07, 6.45) is -1.33. The van der Waals surface area contributed by atoms with E-state index in [1.165, 1.54) is 32.0 Å². The third-order valence-corrected chi connectivity index (χ3v) is 9.54. The molecule has 0 radical (unpaired) electrons.